The second kappa shape index (κ2) is 25.1. The average molecular weight is 605 g/mol. The molecule has 10 heteroatoms. The van der Waals surface area contributed by atoms with Crippen molar-refractivity contribution in [1.29, 1.82) is 0 Å². The number of aliphatic hydroxyl groups excluding tert-OH is 4. The Kier molecular flexibility index (Phi) is 23.1. The largest absolute Gasteiger partial charge is 0.462 e. The molecular formula is C32H60O10. The van der Waals surface area contributed by atoms with Gasteiger partial charge in [-0.1, -0.05) is 110 Å². The van der Waals surface area contributed by atoms with Crippen LogP contribution in [0.3, 0.4) is 0 Å². The molecule has 0 aromatic rings. The lowest BCUT2D eigenvalue weighted by atomic mass is 9.99. The molecular weight excluding hydrogens is 544 g/mol. The Morgan fingerprint density at radius 3 is 1.62 bits per heavy atom. The highest BCUT2D eigenvalue weighted by atomic mass is 16.7. The van der Waals surface area contributed by atoms with Crippen molar-refractivity contribution < 1.29 is 49.0 Å². The maximum Gasteiger partial charge on any atom is 0.306 e. The Labute approximate surface area is 253 Å². The number of hydrogen-bond acceptors (Lipinski definition) is 10. The Hall–Kier alpha value is -1.30. The Morgan fingerprint density at radius 1 is 0.643 bits per heavy atom. The third kappa shape index (κ3) is 17.7. The molecule has 1 aliphatic rings. The van der Waals surface area contributed by atoms with Gasteiger partial charge in [0.15, 0.2) is 12.4 Å². The fourth-order valence-corrected chi connectivity index (χ4v) is 5.01. The van der Waals surface area contributed by atoms with E-state index in [0.717, 1.165) is 51.4 Å². The average Bonchev–Trinajstić information content (AvgIpc) is 2.98. The van der Waals surface area contributed by atoms with Crippen LogP contribution in [0.15, 0.2) is 0 Å². The van der Waals surface area contributed by atoms with E-state index in [-0.39, 0.29) is 32.0 Å². The predicted octanol–water partition coefficient (Wildman–Crippen LogP) is 4.71. The SMILES string of the molecule is CCCCCCCCCCCCCCC(=O)OC(COC(=O)CCCCCCC)COC1OC(CO)C(O)C(O)C1O. The number of hydrogen-bond donors (Lipinski definition) is 4. The summed E-state index contributed by atoms with van der Waals surface area (Å²) in [7, 11) is 0. The molecule has 42 heavy (non-hydrogen) atoms. The van der Waals surface area contributed by atoms with Crippen LogP contribution in [-0.2, 0) is 28.5 Å². The molecule has 0 aromatic heterocycles. The Balaban J connectivity index is 2.43. The normalized spacial score (nSPS) is 23.0. The summed E-state index contributed by atoms with van der Waals surface area (Å²) in [6.07, 6.45) is 11.7. The van der Waals surface area contributed by atoms with Gasteiger partial charge in [0.25, 0.3) is 0 Å². The summed E-state index contributed by atoms with van der Waals surface area (Å²) in [4.78, 5) is 24.8. The van der Waals surface area contributed by atoms with Crippen LogP contribution in [0.5, 0.6) is 0 Å². The molecule has 248 valence electrons. The lowest BCUT2D eigenvalue weighted by Crippen LogP contribution is -2.59. The molecule has 0 amide bonds. The van der Waals surface area contributed by atoms with Crippen LogP contribution in [0.25, 0.3) is 0 Å². The van der Waals surface area contributed by atoms with E-state index in [1.165, 1.54) is 51.4 Å². The summed E-state index contributed by atoms with van der Waals surface area (Å²) < 4.78 is 21.8. The number of aliphatic hydroxyl groups is 4. The van der Waals surface area contributed by atoms with Crippen molar-refractivity contribution in [3.05, 3.63) is 0 Å². The van der Waals surface area contributed by atoms with E-state index < -0.39 is 49.4 Å². The van der Waals surface area contributed by atoms with Crippen molar-refractivity contribution in [1.82, 2.24) is 0 Å². The predicted molar refractivity (Wildman–Crippen MR) is 160 cm³/mol. The first-order valence-corrected chi connectivity index (χ1v) is 16.6. The van der Waals surface area contributed by atoms with E-state index in [2.05, 4.69) is 13.8 Å². The van der Waals surface area contributed by atoms with E-state index in [1.54, 1.807) is 0 Å². The first kappa shape index (κ1) is 38.7. The summed E-state index contributed by atoms with van der Waals surface area (Å²) >= 11 is 0. The molecule has 0 radical (unpaired) electrons. The van der Waals surface area contributed by atoms with Gasteiger partial charge in [0.05, 0.1) is 13.2 Å². The number of carbonyl (C=O) groups excluding carboxylic acids is 2. The molecule has 1 rings (SSSR count). The van der Waals surface area contributed by atoms with Crippen molar-refractivity contribution in [3.63, 3.8) is 0 Å². The lowest BCUT2D eigenvalue weighted by Gasteiger charge is -2.39. The minimum atomic E-state index is -1.58. The van der Waals surface area contributed by atoms with Crippen LogP contribution in [0.1, 0.15) is 136 Å². The van der Waals surface area contributed by atoms with Crippen LogP contribution < -0.4 is 0 Å². The molecule has 0 saturated carbocycles. The Morgan fingerprint density at radius 2 is 1.12 bits per heavy atom. The van der Waals surface area contributed by atoms with Gasteiger partial charge < -0.3 is 39.4 Å². The molecule has 10 nitrogen and oxygen atoms in total. The van der Waals surface area contributed by atoms with Crippen molar-refractivity contribution in [2.75, 3.05) is 19.8 Å². The first-order valence-electron chi connectivity index (χ1n) is 16.6. The minimum absolute atomic E-state index is 0.213. The lowest BCUT2D eigenvalue weighted by molar-refractivity contribution is -0.305. The van der Waals surface area contributed by atoms with Crippen molar-refractivity contribution >= 4 is 11.9 Å². The zero-order chi connectivity index (χ0) is 31.0. The smallest absolute Gasteiger partial charge is 0.306 e. The fraction of sp³-hybridized carbons (Fsp3) is 0.938. The molecule has 4 N–H and O–H groups in total. The van der Waals surface area contributed by atoms with Crippen molar-refractivity contribution in [3.8, 4) is 0 Å². The van der Waals surface area contributed by atoms with Crippen LogP contribution >= 0.6 is 0 Å². The summed E-state index contributed by atoms with van der Waals surface area (Å²) in [5.74, 6) is -0.818. The zero-order valence-corrected chi connectivity index (χ0v) is 26.3. The topological polar surface area (TPSA) is 152 Å². The third-order valence-electron chi connectivity index (χ3n) is 7.74. The summed E-state index contributed by atoms with van der Waals surface area (Å²) in [5.41, 5.74) is 0. The molecule has 0 bridgehead atoms. The number of carbonyl (C=O) groups is 2. The van der Waals surface area contributed by atoms with Gasteiger partial charge in [0.1, 0.15) is 31.0 Å². The summed E-state index contributed by atoms with van der Waals surface area (Å²) in [5, 5.41) is 39.6. The van der Waals surface area contributed by atoms with E-state index in [9.17, 15) is 30.0 Å². The minimum Gasteiger partial charge on any atom is -0.462 e. The van der Waals surface area contributed by atoms with Crippen molar-refractivity contribution in [2.45, 2.75) is 173 Å². The standard InChI is InChI=1S/C32H60O10/c1-3-5-7-9-10-11-12-13-14-15-17-19-21-28(35)41-25(23-39-27(34)20-18-16-8-6-4-2)24-40-32-31(38)30(37)29(36)26(22-33)42-32/h25-26,29-33,36-38H,3-24H2,1-2H3. The van der Waals surface area contributed by atoms with Gasteiger partial charge in [-0.15, -0.1) is 0 Å². The number of ether oxygens (including phenoxy) is 4. The van der Waals surface area contributed by atoms with Gasteiger partial charge in [-0.2, -0.15) is 0 Å². The molecule has 0 aliphatic carbocycles. The van der Waals surface area contributed by atoms with Crippen LogP contribution in [-0.4, -0.2) is 89.0 Å². The maximum absolute atomic E-state index is 12.6. The monoisotopic (exact) mass is 604 g/mol. The van der Waals surface area contributed by atoms with Crippen LogP contribution in [0, 0.1) is 0 Å². The van der Waals surface area contributed by atoms with Gasteiger partial charge >= 0.3 is 11.9 Å². The number of esters is 2. The van der Waals surface area contributed by atoms with E-state index in [4.69, 9.17) is 18.9 Å². The maximum atomic E-state index is 12.6. The molecule has 1 aliphatic heterocycles. The molecule has 1 fully saturated rings. The third-order valence-corrected chi connectivity index (χ3v) is 7.74. The van der Waals surface area contributed by atoms with Crippen molar-refractivity contribution in [2.24, 2.45) is 0 Å². The number of unbranched alkanes of at least 4 members (excludes halogenated alkanes) is 15. The van der Waals surface area contributed by atoms with E-state index >= 15 is 0 Å². The Bertz CT molecular complexity index is 674. The molecule has 1 saturated heterocycles. The van der Waals surface area contributed by atoms with Gasteiger partial charge in [0.2, 0.25) is 0 Å². The highest BCUT2D eigenvalue weighted by molar-refractivity contribution is 5.70. The van der Waals surface area contributed by atoms with Gasteiger partial charge in [-0.25, -0.2) is 0 Å². The summed E-state index contributed by atoms with van der Waals surface area (Å²) in [6.45, 7) is 3.29. The highest BCUT2D eigenvalue weighted by Gasteiger charge is 2.44. The molecule has 0 spiro atoms. The van der Waals surface area contributed by atoms with E-state index in [1.807, 2.05) is 0 Å². The molecule has 6 unspecified atom stereocenters. The fourth-order valence-electron chi connectivity index (χ4n) is 5.01. The highest BCUT2D eigenvalue weighted by Crippen LogP contribution is 2.22. The molecule has 0 aromatic carbocycles. The second-order valence-corrected chi connectivity index (χ2v) is 11.6. The second-order valence-electron chi connectivity index (χ2n) is 11.6. The van der Waals surface area contributed by atoms with Gasteiger partial charge in [-0.3, -0.25) is 9.59 Å². The van der Waals surface area contributed by atoms with Crippen LogP contribution in [0.4, 0.5) is 0 Å². The van der Waals surface area contributed by atoms with Gasteiger partial charge in [-0.05, 0) is 12.8 Å². The van der Waals surface area contributed by atoms with E-state index in [0.29, 0.717) is 6.42 Å². The quantitative estimate of drug-likeness (QED) is 0.0807. The first-order chi connectivity index (χ1) is 20.3. The van der Waals surface area contributed by atoms with Crippen LogP contribution in [0.2, 0.25) is 0 Å². The van der Waals surface area contributed by atoms with Gasteiger partial charge in [0, 0.05) is 12.8 Å². The number of rotatable bonds is 26. The summed E-state index contributed by atoms with van der Waals surface area (Å²) in [6, 6.07) is 0. The zero-order valence-electron chi connectivity index (χ0n) is 26.3. The molecule has 6 atom stereocenters. The molecule has 1 heterocycles.